The molecule has 92 valence electrons. The first kappa shape index (κ1) is 12.1. The molecule has 1 saturated heterocycles. The van der Waals surface area contributed by atoms with Crippen LogP contribution in [0.5, 0.6) is 0 Å². The molecular formula is C13H23NO2. The van der Waals surface area contributed by atoms with Gasteiger partial charge in [0.1, 0.15) is 5.78 Å². The van der Waals surface area contributed by atoms with E-state index >= 15 is 0 Å². The summed E-state index contributed by atoms with van der Waals surface area (Å²) in [5.41, 5.74) is 0. The first-order valence-corrected chi connectivity index (χ1v) is 6.54. The third kappa shape index (κ3) is 3.05. The summed E-state index contributed by atoms with van der Waals surface area (Å²) in [6, 6.07) is 0.682. The van der Waals surface area contributed by atoms with Crippen molar-refractivity contribution in [1.29, 1.82) is 0 Å². The molecule has 0 aromatic heterocycles. The molecule has 0 aromatic carbocycles. The summed E-state index contributed by atoms with van der Waals surface area (Å²) in [5, 5.41) is 0. The van der Waals surface area contributed by atoms with Crippen LogP contribution in [0.4, 0.5) is 0 Å². The molecule has 1 saturated carbocycles. The van der Waals surface area contributed by atoms with E-state index in [0.29, 0.717) is 11.8 Å². The molecule has 0 aromatic rings. The number of piperidine rings is 1. The second kappa shape index (κ2) is 5.78. The predicted molar refractivity (Wildman–Crippen MR) is 63.4 cm³/mol. The Morgan fingerprint density at radius 2 is 1.81 bits per heavy atom. The molecule has 0 N–H and O–H groups in total. The van der Waals surface area contributed by atoms with Gasteiger partial charge < -0.3 is 9.64 Å². The topological polar surface area (TPSA) is 29.5 Å². The van der Waals surface area contributed by atoms with Crippen LogP contribution in [0.2, 0.25) is 0 Å². The van der Waals surface area contributed by atoms with Gasteiger partial charge in [0.15, 0.2) is 0 Å². The Hall–Kier alpha value is -0.410. The van der Waals surface area contributed by atoms with Crippen LogP contribution in [-0.2, 0) is 9.53 Å². The molecule has 0 radical (unpaired) electrons. The second-order valence-corrected chi connectivity index (χ2v) is 5.20. The predicted octanol–water partition coefficient (Wildman–Crippen LogP) is 1.86. The highest BCUT2D eigenvalue weighted by atomic mass is 16.5. The summed E-state index contributed by atoms with van der Waals surface area (Å²) < 4.78 is 5.21. The number of Topliss-reactive ketones (excluding diaryl/α,β-unsaturated/α-hetero) is 1. The van der Waals surface area contributed by atoms with E-state index in [2.05, 4.69) is 4.90 Å². The fraction of sp³-hybridized carbons (Fsp3) is 0.923. The van der Waals surface area contributed by atoms with Crippen molar-refractivity contribution in [2.75, 3.05) is 26.8 Å². The van der Waals surface area contributed by atoms with Gasteiger partial charge in [0.2, 0.25) is 0 Å². The zero-order valence-electron chi connectivity index (χ0n) is 10.3. The van der Waals surface area contributed by atoms with Crippen LogP contribution in [0, 0.1) is 5.92 Å². The molecule has 1 aliphatic heterocycles. The first-order chi connectivity index (χ1) is 7.79. The third-order valence-electron chi connectivity index (χ3n) is 4.08. The Morgan fingerprint density at radius 3 is 2.38 bits per heavy atom. The zero-order chi connectivity index (χ0) is 11.4. The minimum atomic E-state index is 0.463. The van der Waals surface area contributed by atoms with Crippen molar-refractivity contribution in [2.24, 2.45) is 5.92 Å². The number of hydrogen-bond donors (Lipinski definition) is 0. The molecule has 0 spiro atoms. The average molecular weight is 225 g/mol. The Balaban J connectivity index is 1.74. The summed E-state index contributed by atoms with van der Waals surface area (Å²) in [6.45, 7) is 3.32. The normalized spacial score (nSPS) is 26.2. The number of likely N-dealkylation sites (tertiary alicyclic amines) is 1. The highest BCUT2D eigenvalue weighted by molar-refractivity contribution is 5.79. The van der Waals surface area contributed by atoms with E-state index in [4.69, 9.17) is 4.74 Å². The lowest BCUT2D eigenvalue weighted by Crippen LogP contribution is -2.43. The van der Waals surface area contributed by atoms with Crippen LogP contribution in [0.25, 0.3) is 0 Å². The van der Waals surface area contributed by atoms with Gasteiger partial charge in [-0.15, -0.1) is 0 Å². The molecule has 1 heterocycles. The number of ketones is 1. The minimum absolute atomic E-state index is 0.463. The van der Waals surface area contributed by atoms with E-state index < -0.39 is 0 Å². The molecular weight excluding hydrogens is 202 g/mol. The van der Waals surface area contributed by atoms with E-state index in [9.17, 15) is 4.79 Å². The molecule has 2 rings (SSSR count). The maximum Gasteiger partial charge on any atom is 0.133 e. The zero-order valence-corrected chi connectivity index (χ0v) is 10.3. The van der Waals surface area contributed by atoms with E-state index in [1.807, 2.05) is 0 Å². The highest BCUT2D eigenvalue weighted by Gasteiger charge is 2.27. The van der Waals surface area contributed by atoms with Crippen LogP contribution in [0.3, 0.4) is 0 Å². The lowest BCUT2D eigenvalue weighted by atomic mass is 9.90. The van der Waals surface area contributed by atoms with Crippen LogP contribution in [-0.4, -0.2) is 43.5 Å². The van der Waals surface area contributed by atoms with Gasteiger partial charge in [0, 0.05) is 32.6 Å². The van der Waals surface area contributed by atoms with Gasteiger partial charge in [-0.3, -0.25) is 4.79 Å². The lowest BCUT2D eigenvalue weighted by Gasteiger charge is -2.38. The van der Waals surface area contributed by atoms with Gasteiger partial charge in [-0.25, -0.2) is 0 Å². The van der Waals surface area contributed by atoms with Crippen LogP contribution in [0.1, 0.15) is 38.5 Å². The minimum Gasteiger partial charge on any atom is -0.384 e. The highest BCUT2D eigenvalue weighted by Crippen LogP contribution is 2.25. The number of carbonyl (C=O) groups is 1. The molecule has 0 bridgehead atoms. The van der Waals surface area contributed by atoms with Crippen LogP contribution in [0.15, 0.2) is 0 Å². The van der Waals surface area contributed by atoms with E-state index in [-0.39, 0.29) is 0 Å². The van der Waals surface area contributed by atoms with E-state index in [1.54, 1.807) is 7.11 Å². The van der Waals surface area contributed by atoms with Crippen LogP contribution < -0.4 is 0 Å². The number of ether oxygens (including phenoxy) is 1. The number of rotatable bonds is 3. The third-order valence-corrected chi connectivity index (χ3v) is 4.08. The summed E-state index contributed by atoms with van der Waals surface area (Å²) in [6.07, 6.45) is 6.32. The smallest absolute Gasteiger partial charge is 0.133 e. The fourth-order valence-corrected chi connectivity index (χ4v) is 3.01. The van der Waals surface area contributed by atoms with Gasteiger partial charge >= 0.3 is 0 Å². The van der Waals surface area contributed by atoms with Gasteiger partial charge in [-0.2, -0.15) is 0 Å². The molecule has 2 aliphatic rings. The molecule has 3 nitrogen and oxygen atoms in total. The van der Waals surface area contributed by atoms with Crippen molar-refractivity contribution in [2.45, 2.75) is 44.6 Å². The Bertz CT molecular complexity index is 224. The fourth-order valence-electron chi connectivity index (χ4n) is 3.01. The summed E-state index contributed by atoms with van der Waals surface area (Å²) in [4.78, 5) is 13.8. The molecule has 16 heavy (non-hydrogen) atoms. The van der Waals surface area contributed by atoms with E-state index in [1.165, 1.54) is 25.9 Å². The standard InChI is InChI=1S/C13H23NO2/c1-16-10-11-6-8-14(9-7-11)12-2-4-13(15)5-3-12/h11-12H,2-10H2,1H3. The largest absolute Gasteiger partial charge is 0.384 e. The summed E-state index contributed by atoms with van der Waals surface area (Å²) in [7, 11) is 1.79. The summed E-state index contributed by atoms with van der Waals surface area (Å²) >= 11 is 0. The summed E-state index contributed by atoms with van der Waals surface area (Å²) in [5.74, 6) is 1.22. The van der Waals surface area contributed by atoms with Crippen molar-refractivity contribution in [3.8, 4) is 0 Å². The molecule has 0 unspecified atom stereocenters. The number of methoxy groups -OCH3 is 1. The number of carbonyl (C=O) groups excluding carboxylic acids is 1. The van der Waals surface area contributed by atoms with Crippen molar-refractivity contribution in [1.82, 2.24) is 4.90 Å². The van der Waals surface area contributed by atoms with Crippen LogP contribution >= 0.6 is 0 Å². The molecule has 0 amide bonds. The molecule has 2 fully saturated rings. The van der Waals surface area contributed by atoms with Crippen molar-refractivity contribution in [3.05, 3.63) is 0 Å². The number of hydrogen-bond acceptors (Lipinski definition) is 3. The Kier molecular flexibility index (Phi) is 4.36. The lowest BCUT2D eigenvalue weighted by molar-refractivity contribution is -0.121. The van der Waals surface area contributed by atoms with Crippen molar-refractivity contribution in [3.63, 3.8) is 0 Å². The van der Waals surface area contributed by atoms with Gasteiger partial charge in [-0.1, -0.05) is 0 Å². The van der Waals surface area contributed by atoms with Gasteiger partial charge in [-0.05, 0) is 44.7 Å². The molecule has 3 heteroatoms. The quantitative estimate of drug-likeness (QED) is 0.734. The Morgan fingerprint density at radius 1 is 1.19 bits per heavy atom. The maximum atomic E-state index is 11.2. The molecule has 1 aliphatic carbocycles. The Labute approximate surface area is 98.1 Å². The average Bonchev–Trinajstić information content (AvgIpc) is 2.32. The van der Waals surface area contributed by atoms with Crippen molar-refractivity contribution >= 4 is 5.78 Å². The van der Waals surface area contributed by atoms with Crippen molar-refractivity contribution < 1.29 is 9.53 Å². The second-order valence-electron chi connectivity index (χ2n) is 5.20. The van der Waals surface area contributed by atoms with Gasteiger partial charge in [0.05, 0.1) is 0 Å². The monoisotopic (exact) mass is 225 g/mol. The SMILES string of the molecule is COCC1CCN(C2CCC(=O)CC2)CC1. The van der Waals surface area contributed by atoms with E-state index in [0.717, 1.165) is 38.2 Å². The number of nitrogens with zero attached hydrogens (tertiary/aromatic N) is 1. The first-order valence-electron chi connectivity index (χ1n) is 6.54. The maximum absolute atomic E-state index is 11.2. The van der Waals surface area contributed by atoms with Gasteiger partial charge in [0.25, 0.3) is 0 Å². The molecule has 0 atom stereocenters.